The number of hydrogen-bond acceptors (Lipinski definition) is 3. The maximum atomic E-state index is 5.99. The van der Waals surface area contributed by atoms with E-state index in [2.05, 4.69) is 37.5 Å². The Morgan fingerprint density at radius 3 is 2.47 bits per heavy atom. The molecule has 0 amide bonds. The molecule has 5 heteroatoms. The highest BCUT2D eigenvalue weighted by atomic mass is 127. The molecule has 0 bridgehead atoms. The first-order valence-electron chi connectivity index (χ1n) is 4.28. The number of pyridine rings is 1. The van der Waals surface area contributed by atoms with Gasteiger partial charge in [0, 0.05) is 18.0 Å². The van der Waals surface area contributed by atoms with Gasteiger partial charge in [0.15, 0.2) is 5.82 Å². The molecular formula is C10H7ClIN3. The fourth-order valence-corrected chi connectivity index (χ4v) is 1.61. The molecule has 76 valence electrons. The second-order valence-electron chi connectivity index (χ2n) is 2.97. The topological polar surface area (TPSA) is 38.7 Å². The molecule has 3 nitrogen and oxygen atoms in total. The fraction of sp³-hybridized carbons (Fsp3) is 0.100. The van der Waals surface area contributed by atoms with Gasteiger partial charge in [-0.1, -0.05) is 11.6 Å². The van der Waals surface area contributed by atoms with Crippen molar-refractivity contribution in [1.29, 1.82) is 0 Å². The molecule has 0 aliphatic carbocycles. The van der Waals surface area contributed by atoms with E-state index in [4.69, 9.17) is 11.6 Å². The van der Waals surface area contributed by atoms with E-state index >= 15 is 0 Å². The minimum absolute atomic E-state index is 0.495. The highest BCUT2D eigenvalue weighted by Gasteiger charge is 2.08. The first-order valence-corrected chi connectivity index (χ1v) is 5.74. The lowest BCUT2D eigenvalue weighted by atomic mass is 10.2. The summed E-state index contributed by atoms with van der Waals surface area (Å²) in [6.07, 6.45) is 3.42. The van der Waals surface area contributed by atoms with Crippen LogP contribution in [-0.4, -0.2) is 15.0 Å². The van der Waals surface area contributed by atoms with Crippen LogP contribution < -0.4 is 0 Å². The molecule has 0 spiro atoms. The average Bonchev–Trinajstić information content (AvgIpc) is 2.26. The molecule has 0 aromatic carbocycles. The van der Waals surface area contributed by atoms with Crippen LogP contribution in [-0.2, 0) is 0 Å². The lowest BCUT2D eigenvalue weighted by Gasteiger charge is -2.04. The van der Waals surface area contributed by atoms with Crippen molar-refractivity contribution < 1.29 is 0 Å². The molecular weight excluding hydrogens is 324 g/mol. The lowest BCUT2D eigenvalue weighted by Crippen LogP contribution is -1.96. The normalized spacial score (nSPS) is 10.3. The zero-order chi connectivity index (χ0) is 10.8. The number of rotatable bonds is 1. The molecule has 2 rings (SSSR count). The van der Waals surface area contributed by atoms with Crippen molar-refractivity contribution in [2.24, 2.45) is 0 Å². The van der Waals surface area contributed by atoms with Crippen LogP contribution in [0.1, 0.15) is 5.69 Å². The van der Waals surface area contributed by atoms with Gasteiger partial charge >= 0.3 is 0 Å². The van der Waals surface area contributed by atoms with Crippen molar-refractivity contribution in [3.63, 3.8) is 0 Å². The number of aromatic nitrogens is 3. The molecule has 0 saturated carbocycles. The minimum Gasteiger partial charge on any atom is -0.265 e. The second-order valence-corrected chi connectivity index (χ2v) is 4.41. The van der Waals surface area contributed by atoms with E-state index in [0.717, 1.165) is 14.8 Å². The molecule has 0 unspecified atom stereocenters. The van der Waals surface area contributed by atoms with Gasteiger partial charge in [0.1, 0.15) is 5.15 Å². The van der Waals surface area contributed by atoms with Crippen molar-refractivity contribution in [3.05, 3.63) is 38.9 Å². The minimum atomic E-state index is 0.495. The van der Waals surface area contributed by atoms with Gasteiger partial charge in [0.05, 0.1) is 9.26 Å². The Hall–Kier alpha value is -0.750. The van der Waals surface area contributed by atoms with Gasteiger partial charge in [-0.3, -0.25) is 4.98 Å². The van der Waals surface area contributed by atoms with Crippen molar-refractivity contribution in [1.82, 2.24) is 15.0 Å². The summed E-state index contributed by atoms with van der Waals surface area (Å²) in [5.41, 5.74) is 1.81. The smallest absolute Gasteiger partial charge is 0.161 e. The van der Waals surface area contributed by atoms with Crippen LogP contribution >= 0.6 is 34.2 Å². The summed E-state index contributed by atoms with van der Waals surface area (Å²) in [5, 5.41) is 0.495. The number of aryl methyl sites for hydroxylation is 1. The highest BCUT2D eigenvalue weighted by Crippen LogP contribution is 2.22. The third kappa shape index (κ3) is 2.26. The third-order valence-corrected chi connectivity index (χ3v) is 3.80. The van der Waals surface area contributed by atoms with E-state index in [1.807, 2.05) is 19.1 Å². The maximum Gasteiger partial charge on any atom is 0.161 e. The standard InChI is InChI=1S/C10H7ClIN3/c1-6-8(12)9(11)15-10(14-6)7-2-4-13-5-3-7/h2-5H,1H3. The molecule has 0 aliphatic heterocycles. The molecule has 2 aromatic rings. The SMILES string of the molecule is Cc1nc(-c2ccncc2)nc(Cl)c1I. The van der Waals surface area contributed by atoms with Crippen molar-refractivity contribution in [2.45, 2.75) is 6.92 Å². The Morgan fingerprint density at radius 2 is 1.87 bits per heavy atom. The Balaban J connectivity index is 2.56. The summed E-state index contributed by atoms with van der Waals surface area (Å²) in [7, 11) is 0. The quantitative estimate of drug-likeness (QED) is 0.595. The van der Waals surface area contributed by atoms with Crippen molar-refractivity contribution in [3.8, 4) is 11.4 Å². The number of nitrogens with zero attached hydrogens (tertiary/aromatic N) is 3. The summed E-state index contributed by atoms with van der Waals surface area (Å²) in [5.74, 6) is 0.639. The highest BCUT2D eigenvalue weighted by molar-refractivity contribution is 14.1. The van der Waals surface area contributed by atoms with Crippen LogP contribution in [0.4, 0.5) is 0 Å². The van der Waals surface area contributed by atoms with Crippen molar-refractivity contribution >= 4 is 34.2 Å². The van der Waals surface area contributed by atoms with Crippen LogP contribution in [0.3, 0.4) is 0 Å². The first-order chi connectivity index (χ1) is 7.18. The summed E-state index contributed by atoms with van der Waals surface area (Å²) in [6.45, 7) is 1.92. The first kappa shape index (κ1) is 10.8. The largest absolute Gasteiger partial charge is 0.265 e. The molecule has 0 radical (unpaired) electrons. The average molecular weight is 332 g/mol. The number of hydrogen-bond donors (Lipinski definition) is 0. The zero-order valence-corrected chi connectivity index (χ0v) is 10.8. The van der Waals surface area contributed by atoms with E-state index in [1.54, 1.807) is 12.4 Å². The molecule has 0 fully saturated rings. The Bertz CT molecular complexity index is 464. The monoisotopic (exact) mass is 331 g/mol. The van der Waals surface area contributed by atoms with E-state index in [-0.39, 0.29) is 0 Å². The lowest BCUT2D eigenvalue weighted by molar-refractivity contribution is 1.09. The van der Waals surface area contributed by atoms with Crippen LogP contribution in [0, 0.1) is 10.5 Å². The Labute approximate surface area is 106 Å². The van der Waals surface area contributed by atoms with Gasteiger partial charge < -0.3 is 0 Å². The van der Waals surface area contributed by atoms with Crippen LogP contribution in [0.15, 0.2) is 24.5 Å². The second kappa shape index (κ2) is 4.40. The molecule has 2 aromatic heterocycles. The van der Waals surface area contributed by atoms with E-state index in [9.17, 15) is 0 Å². The predicted octanol–water partition coefficient (Wildman–Crippen LogP) is 3.11. The molecule has 2 heterocycles. The fourth-order valence-electron chi connectivity index (χ4n) is 1.15. The maximum absolute atomic E-state index is 5.99. The molecule has 0 N–H and O–H groups in total. The number of halogens is 2. The zero-order valence-electron chi connectivity index (χ0n) is 7.91. The summed E-state index contributed by atoms with van der Waals surface area (Å²) >= 11 is 8.13. The van der Waals surface area contributed by atoms with Gasteiger partial charge in [0.2, 0.25) is 0 Å². The van der Waals surface area contributed by atoms with Crippen LogP contribution in [0.5, 0.6) is 0 Å². The van der Waals surface area contributed by atoms with Crippen LogP contribution in [0.2, 0.25) is 5.15 Å². The molecule has 15 heavy (non-hydrogen) atoms. The summed E-state index contributed by atoms with van der Waals surface area (Å²) < 4.78 is 0.895. The van der Waals surface area contributed by atoms with Crippen LogP contribution in [0.25, 0.3) is 11.4 Å². The van der Waals surface area contributed by atoms with Crippen molar-refractivity contribution in [2.75, 3.05) is 0 Å². The van der Waals surface area contributed by atoms with E-state index in [1.165, 1.54) is 0 Å². The summed E-state index contributed by atoms with van der Waals surface area (Å²) in [4.78, 5) is 12.5. The van der Waals surface area contributed by atoms with Gasteiger partial charge in [0.25, 0.3) is 0 Å². The van der Waals surface area contributed by atoms with Gasteiger partial charge in [-0.05, 0) is 41.6 Å². The Kier molecular flexibility index (Phi) is 3.16. The van der Waals surface area contributed by atoms with E-state index < -0.39 is 0 Å². The van der Waals surface area contributed by atoms with Gasteiger partial charge in [-0.25, -0.2) is 9.97 Å². The predicted molar refractivity (Wildman–Crippen MR) is 67.7 cm³/mol. The molecule has 0 atom stereocenters. The molecule has 0 saturated heterocycles. The summed E-state index contributed by atoms with van der Waals surface area (Å²) in [6, 6.07) is 3.72. The third-order valence-electron chi connectivity index (χ3n) is 1.91. The van der Waals surface area contributed by atoms with Gasteiger partial charge in [-0.15, -0.1) is 0 Å². The molecule has 0 aliphatic rings. The van der Waals surface area contributed by atoms with Gasteiger partial charge in [-0.2, -0.15) is 0 Å². The van der Waals surface area contributed by atoms with E-state index in [0.29, 0.717) is 11.0 Å². The Morgan fingerprint density at radius 1 is 1.20 bits per heavy atom.